The maximum Gasteiger partial charge on any atom is 0.296 e. The van der Waals surface area contributed by atoms with Crippen molar-refractivity contribution in [2.75, 3.05) is 14.2 Å². The molecule has 2 aromatic rings. The second kappa shape index (κ2) is 6.64. The number of hydrogen-bond acceptors (Lipinski definition) is 6. The molecule has 0 atom stereocenters. The average molecular weight is 340 g/mol. The Labute approximate surface area is 144 Å². The summed E-state index contributed by atoms with van der Waals surface area (Å²) in [5.41, 5.74) is 1.00. The van der Waals surface area contributed by atoms with Crippen molar-refractivity contribution in [3.05, 3.63) is 59.6 Å². The van der Waals surface area contributed by atoms with E-state index in [1.807, 2.05) is 0 Å². The second-order valence-corrected chi connectivity index (χ2v) is 5.35. The predicted octanol–water partition coefficient (Wildman–Crippen LogP) is 1.94. The number of carbonyl (C=O) groups excluding carboxylic acids is 2. The highest BCUT2D eigenvalue weighted by atomic mass is 16.5. The number of pyridine rings is 1. The lowest BCUT2D eigenvalue weighted by molar-refractivity contribution is -0.138. The maximum atomic E-state index is 12.7. The van der Waals surface area contributed by atoms with E-state index in [9.17, 15) is 14.7 Å². The summed E-state index contributed by atoms with van der Waals surface area (Å²) in [5.74, 6) is -1.01. The van der Waals surface area contributed by atoms with Crippen molar-refractivity contribution in [3.63, 3.8) is 0 Å². The van der Waals surface area contributed by atoms with Crippen molar-refractivity contribution in [2.45, 2.75) is 6.54 Å². The molecular weight excluding hydrogens is 324 g/mol. The van der Waals surface area contributed by atoms with E-state index in [1.54, 1.807) is 42.7 Å². The molecule has 2 amide bonds. The topological polar surface area (TPSA) is 89.0 Å². The molecule has 0 spiro atoms. The highest BCUT2D eigenvalue weighted by Gasteiger charge is 2.39. The van der Waals surface area contributed by atoms with E-state index in [-0.39, 0.29) is 12.1 Å². The first-order valence-corrected chi connectivity index (χ1v) is 7.47. The van der Waals surface area contributed by atoms with Gasteiger partial charge < -0.3 is 14.6 Å². The Kier molecular flexibility index (Phi) is 4.38. The van der Waals surface area contributed by atoms with Crippen molar-refractivity contribution in [3.8, 4) is 11.5 Å². The molecule has 7 nitrogen and oxygen atoms in total. The first-order valence-electron chi connectivity index (χ1n) is 7.47. The molecule has 128 valence electrons. The first kappa shape index (κ1) is 16.5. The number of rotatable bonds is 5. The van der Waals surface area contributed by atoms with Crippen LogP contribution >= 0.6 is 0 Å². The molecular formula is C18H16N2O5. The van der Waals surface area contributed by atoms with Gasteiger partial charge in [0.15, 0.2) is 17.3 Å². The predicted molar refractivity (Wildman–Crippen MR) is 88.9 cm³/mol. The fourth-order valence-electron chi connectivity index (χ4n) is 2.63. The number of aliphatic hydroxyl groups excluding tert-OH is 1. The summed E-state index contributed by atoms with van der Waals surface area (Å²) in [6.07, 6.45) is 3.16. The van der Waals surface area contributed by atoms with Gasteiger partial charge in [-0.25, -0.2) is 0 Å². The lowest BCUT2D eigenvalue weighted by Gasteiger charge is -2.14. The summed E-state index contributed by atoms with van der Waals surface area (Å²) < 4.78 is 10.4. The summed E-state index contributed by atoms with van der Waals surface area (Å²) in [5, 5.41) is 10.2. The third-order valence-corrected chi connectivity index (χ3v) is 3.88. The molecule has 0 saturated carbocycles. The van der Waals surface area contributed by atoms with E-state index in [2.05, 4.69) is 4.98 Å². The van der Waals surface area contributed by atoms with Gasteiger partial charge in [0.2, 0.25) is 0 Å². The molecule has 1 N–H and O–H groups in total. The van der Waals surface area contributed by atoms with Crippen LogP contribution in [0, 0.1) is 0 Å². The van der Waals surface area contributed by atoms with Gasteiger partial charge in [0.25, 0.3) is 11.8 Å². The molecule has 0 saturated heterocycles. The van der Waals surface area contributed by atoms with Gasteiger partial charge in [-0.2, -0.15) is 0 Å². The van der Waals surface area contributed by atoms with Crippen molar-refractivity contribution < 1.29 is 24.2 Å². The Bertz CT molecular complexity index is 861. The number of aliphatic hydroxyl groups is 1. The molecule has 0 fully saturated rings. The number of nitrogens with zero attached hydrogens (tertiary/aromatic N) is 2. The smallest absolute Gasteiger partial charge is 0.296 e. The summed E-state index contributed by atoms with van der Waals surface area (Å²) in [7, 11) is 2.96. The molecule has 0 radical (unpaired) electrons. The van der Waals surface area contributed by atoms with Crippen molar-refractivity contribution in [1.29, 1.82) is 0 Å². The average Bonchev–Trinajstić information content (AvgIpc) is 2.85. The Morgan fingerprint density at radius 2 is 1.84 bits per heavy atom. The SMILES string of the molecule is COc1ccc(C2=C(O)C(=O)N(Cc3cccnc3)C2=O)cc1OC. The molecule has 3 rings (SSSR count). The van der Waals surface area contributed by atoms with Crippen LogP contribution in [0.3, 0.4) is 0 Å². The summed E-state index contributed by atoms with van der Waals surface area (Å²) in [4.78, 5) is 29.9. The number of ether oxygens (including phenoxy) is 2. The summed E-state index contributed by atoms with van der Waals surface area (Å²) in [6.45, 7) is 0.0341. The minimum absolute atomic E-state index is 0.0341. The number of aromatic nitrogens is 1. The largest absolute Gasteiger partial charge is 0.502 e. The molecule has 0 unspecified atom stereocenters. The van der Waals surface area contributed by atoms with Gasteiger partial charge in [-0.15, -0.1) is 0 Å². The molecule has 25 heavy (non-hydrogen) atoms. The van der Waals surface area contributed by atoms with Crippen LogP contribution in [0.15, 0.2) is 48.5 Å². The first-order chi connectivity index (χ1) is 12.1. The van der Waals surface area contributed by atoms with Crippen molar-refractivity contribution >= 4 is 17.4 Å². The Morgan fingerprint density at radius 3 is 2.48 bits per heavy atom. The second-order valence-electron chi connectivity index (χ2n) is 5.35. The van der Waals surface area contributed by atoms with Crippen LogP contribution in [-0.4, -0.2) is 41.0 Å². The fourth-order valence-corrected chi connectivity index (χ4v) is 2.63. The number of methoxy groups -OCH3 is 2. The van der Waals surface area contributed by atoms with Crippen molar-refractivity contribution in [2.24, 2.45) is 0 Å². The molecule has 7 heteroatoms. The van der Waals surface area contributed by atoms with Gasteiger partial charge >= 0.3 is 0 Å². The van der Waals surface area contributed by atoms with Crippen LogP contribution in [0.5, 0.6) is 11.5 Å². The van der Waals surface area contributed by atoms with Gasteiger partial charge in [0.05, 0.1) is 26.3 Å². The zero-order chi connectivity index (χ0) is 18.0. The minimum atomic E-state index is -0.737. The van der Waals surface area contributed by atoms with Gasteiger partial charge in [-0.3, -0.25) is 19.5 Å². The molecule has 1 aromatic carbocycles. The van der Waals surface area contributed by atoms with E-state index in [4.69, 9.17) is 9.47 Å². The van der Waals surface area contributed by atoms with E-state index in [0.717, 1.165) is 4.90 Å². The number of benzene rings is 1. The standard InChI is InChI=1S/C18H16N2O5/c1-24-13-6-5-12(8-14(13)25-2)15-16(21)18(23)20(17(15)22)10-11-4-3-7-19-9-11/h3-9,21H,10H2,1-2H3. The van der Waals surface area contributed by atoms with Crippen LogP contribution in [0.2, 0.25) is 0 Å². The quantitative estimate of drug-likeness (QED) is 0.837. The van der Waals surface area contributed by atoms with E-state index in [1.165, 1.54) is 14.2 Å². The molecule has 1 aliphatic heterocycles. The Morgan fingerprint density at radius 1 is 1.08 bits per heavy atom. The number of amides is 2. The maximum absolute atomic E-state index is 12.7. The van der Waals surface area contributed by atoms with Gasteiger partial charge in [-0.1, -0.05) is 12.1 Å². The van der Waals surface area contributed by atoms with Crippen LogP contribution in [-0.2, 0) is 16.1 Å². The number of imide groups is 1. The van der Waals surface area contributed by atoms with Crippen LogP contribution in [0.4, 0.5) is 0 Å². The third kappa shape index (κ3) is 2.91. The molecule has 2 heterocycles. The van der Waals surface area contributed by atoms with Gasteiger partial charge in [0.1, 0.15) is 0 Å². The minimum Gasteiger partial charge on any atom is -0.502 e. The molecule has 0 bridgehead atoms. The number of hydrogen-bond donors (Lipinski definition) is 1. The van der Waals surface area contributed by atoms with E-state index in [0.29, 0.717) is 22.6 Å². The van der Waals surface area contributed by atoms with Crippen LogP contribution in [0.25, 0.3) is 5.57 Å². The zero-order valence-corrected chi connectivity index (χ0v) is 13.7. The molecule has 1 aliphatic rings. The van der Waals surface area contributed by atoms with Crippen molar-refractivity contribution in [1.82, 2.24) is 9.88 Å². The summed E-state index contributed by atoms with van der Waals surface area (Å²) >= 11 is 0. The van der Waals surface area contributed by atoms with Crippen LogP contribution < -0.4 is 9.47 Å². The van der Waals surface area contributed by atoms with Gasteiger partial charge in [-0.05, 0) is 29.3 Å². The van der Waals surface area contributed by atoms with E-state index < -0.39 is 17.6 Å². The summed E-state index contributed by atoms with van der Waals surface area (Å²) in [6, 6.07) is 8.20. The Balaban J connectivity index is 1.94. The molecule has 0 aliphatic carbocycles. The monoisotopic (exact) mass is 340 g/mol. The highest BCUT2D eigenvalue weighted by Crippen LogP contribution is 2.34. The lowest BCUT2D eigenvalue weighted by Crippen LogP contribution is -2.31. The lowest BCUT2D eigenvalue weighted by atomic mass is 10.0. The Hall–Kier alpha value is -3.35. The number of carbonyl (C=O) groups is 2. The third-order valence-electron chi connectivity index (χ3n) is 3.88. The highest BCUT2D eigenvalue weighted by molar-refractivity contribution is 6.34. The van der Waals surface area contributed by atoms with Gasteiger partial charge in [0, 0.05) is 12.4 Å². The molecule has 1 aromatic heterocycles. The van der Waals surface area contributed by atoms with E-state index >= 15 is 0 Å². The fraction of sp³-hybridized carbons (Fsp3) is 0.167. The normalized spacial score (nSPS) is 14.2. The van der Waals surface area contributed by atoms with Crippen LogP contribution in [0.1, 0.15) is 11.1 Å². The zero-order valence-electron chi connectivity index (χ0n) is 13.7.